The highest BCUT2D eigenvalue weighted by molar-refractivity contribution is 6.00. The second kappa shape index (κ2) is 18.6. The third kappa shape index (κ3) is 11.2. The van der Waals surface area contributed by atoms with Gasteiger partial charge in [0.1, 0.15) is 12.4 Å². The van der Waals surface area contributed by atoms with Crippen LogP contribution in [-0.2, 0) is 16.1 Å². The molecule has 0 spiro atoms. The molecule has 0 bridgehead atoms. The van der Waals surface area contributed by atoms with Crippen LogP contribution >= 0.6 is 0 Å². The van der Waals surface area contributed by atoms with Gasteiger partial charge in [0.2, 0.25) is 0 Å². The molecular formula is C28H42FN5O6. The SMILES string of the molecule is COC(=O)c1cc(F)c(NCCCNCCCCNCCCN)cc1NC(=O)OCc1ccc(OC)c(OC)c1. The maximum absolute atomic E-state index is 14.7. The smallest absolute Gasteiger partial charge is 0.411 e. The van der Waals surface area contributed by atoms with Crippen LogP contribution in [0.15, 0.2) is 30.3 Å². The van der Waals surface area contributed by atoms with Crippen molar-refractivity contribution >= 4 is 23.4 Å². The number of unbranched alkanes of at least 4 members (excludes halogenated alkanes) is 1. The predicted octanol–water partition coefficient (Wildman–Crippen LogP) is 3.49. The van der Waals surface area contributed by atoms with Crippen LogP contribution in [-0.4, -0.2) is 72.7 Å². The fraction of sp³-hybridized carbons (Fsp3) is 0.500. The molecule has 40 heavy (non-hydrogen) atoms. The molecule has 0 saturated carbocycles. The van der Waals surface area contributed by atoms with Crippen LogP contribution < -0.4 is 36.5 Å². The van der Waals surface area contributed by atoms with E-state index >= 15 is 0 Å². The van der Waals surface area contributed by atoms with Gasteiger partial charge in [-0.3, -0.25) is 5.32 Å². The highest BCUT2D eigenvalue weighted by Gasteiger charge is 2.19. The van der Waals surface area contributed by atoms with Crippen molar-refractivity contribution in [2.75, 3.05) is 71.2 Å². The second-order valence-electron chi connectivity index (χ2n) is 8.89. The van der Waals surface area contributed by atoms with Crippen LogP contribution in [0.2, 0.25) is 0 Å². The maximum atomic E-state index is 14.7. The summed E-state index contributed by atoms with van der Waals surface area (Å²) in [4.78, 5) is 24.7. The first kappa shape index (κ1) is 32.6. The Labute approximate surface area is 235 Å². The van der Waals surface area contributed by atoms with Gasteiger partial charge in [0.25, 0.3) is 0 Å². The van der Waals surface area contributed by atoms with Gasteiger partial charge in [-0.25, -0.2) is 14.0 Å². The molecule has 0 aromatic heterocycles. The fourth-order valence-corrected chi connectivity index (χ4v) is 3.77. The van der Waals surface area contributed by atoms with Crippen molar-refractivity contribution < 1.29 is 32.9 Å². The Bertz CT molecular complexity index is 1070. The maximum Gasteiger partial charge on any atom is 0.411 e. The number of carbonyl (C=O) groups excluding carboxylic acids is 2. The Balaban J connectivity index is 1.86. The topological polar surface area (TPSA) is 145 Å². The average Bonchev–Trinajstić information content (AvgIpc) is 2.97. The number of ether oxygens (including phenoxy) is 4. The normalized spacial score (nSPS) is 10.6. The standard InChI is InChI=1S/C28H42FN5O6/c1-37-25-9-8-20(16-26(25)38-2)19-40-28(36)34-23-18-24(22(29)17-21(23)27(35)39-3)33-15-7-14-32-12-5-4-11-31-13-6-10-30/h8-9,16-18,31-33H,4-7,10-15,19,30H2,1-3H3,(H,34,36). The van der Waals surface area contributed by atoms with Crippen molar-refractivity contribution in [1.29, 1.82) is 0 Å². The van der Waals surface area contributed by atoms with Crippen molar-refractivity contribution in [2.24, 2.45) is 5.73 Å². The van der Waals surface area contributed by atoms with E-state index in [0.717, 1.165) is 57.9 Å². The van der Waals surface area contributed by atoms with E-state index in [1.807, 2.05) is 0 Å². The summed E-state index contributed by atoms with van der Waals surface area (Å²) in [6.07, 6.45) is 3.06. The fourth-order valence-electron chi connectivity index (χ4n) is 3.77. The Kier molecular flexibility index (Phi) is 15.2. The van der Waals surface area contributed by atoms with Gasteiger partial charge in [-0.15, -0.1) is 0 Å². The number of hydrogen-bond donors (Lipinski definition) is 5. The van der Waals surface area contributed by atoms with Gasteiger partial charge >= 0.3 is 12.1 Å². The zero-order chi connectivity index (χ0) is 29.2. The Hall–Kier alpha value is -3.61. The lowest BCUT2D eigenvalue weighted by Gasteiger charge is -2.15. The third-order valence-electron chi connectivity index (χ3n) is 5.93. The molecule has 1 amide bonds. The summed E-state index contributed by atoms with van der Waals surface area (Å²) in [6, 6.07) is 7.48. The first-order valence-electron chi connectivity index (χ1n) is 13.3. The molecule has 0 aliphatic heterocycles. The first-order chi connectivity index (χ1) is 19.4. The number of nitrogens with one attached hydrogen (secondary N) is 4. The van der Waals surface area contributed by atoms with Crippen LogP contribution in [0, 0.1) is 5.82 Å². The van der Waals surface area contributed by atoms with E-state index in [1.54, 1.807) is 18.2 Å². The quantitative estimate of drug-likeness (QED) is 0.127. The van der Waals surface area contributed by atoms with E-state index in [1.165, 1.54) is 27.4 Å². The lowest BCUT2D eigenvalue weighted by Crippen LogP contribution is -2.22. The van der Waals surface area contributed by atoms with Crippen molar-refractivity contribution in [1.82, 2.24) is 10.6 Å². The van der Waals surface area contributed by atoms with Crippen molar-refractivity contribution in [3.63, 3.8) is 0 Å². The summed E-state index contributed by atoms with van der Waals surface area (Å²) in [5.74, 6) is -0.394. The molecule has 6 N–H and O–H groups in total. The Morgan fingerprint density at radius 1 is 0.825 bits per heavy atom. The third-order valence-corrected chi connectivity index (χ3v) is 5.93. The Morgan fingerprint density at radius 3 is 2.15 bits per heavy atom. The van der Waals surface area contributed by atoms with Crippen LogP contribution in [0.1, 0.15) is 41.6 Å². The molecule has 12 heteroatoms. The van der Waals surface area contributed by atoms with E-state index in [0.29, 0.717) is 30.2 Å². The number of amides is 1. The molecule has 2 aromatic rings. The molecule has 0 fully saturated rings. The lowest BCUT2D eigenvalue weighted by molar-refractivity contribution is 0.0601. The lowest BCUT2D eigenvalue weighted by atomic mass is 10.1. The summed E-state index contributed by atoms with van der Waals surface area (Å²) in [5.41, 5.74) is 6.20. The zero-order valence-corrected chi connectivity index (χ0v) is 23.6. The van der Waals surface area contributed by atoms with Crippen molar-refractivity contribution in [3.8, 4) is 11.5 Å². The van der Waals surface area contributed by atoms with Crippen molar-refractivity contribution in [3.05, 3.63) is 47.3 Å². The van der Waals surface area contributed by atoms with E-state index in [2.05, 4.69) is 21.3 Å². The summed E-state index contributed by atoms with van der Waals surface area (Å²) >= 11 is 0. The minimum Gasteiger partial charge on any atom is -0.493 e. The molecule has 0 aliphatic rings. The highest BCUT2D eigenvalue weighted by atomic mass is 19.1. The molecule has 0 aliphatic carbocycles. The number of anilines is 2. The molecule has 222 valence electrons. The molecule has 11 nitrogen and oxygen atoms in total. The molecular weight excluding hydrogens is 521 g/mol. The van der Waals surface area contributed by atoms with Gasteiger partial charge in [-0.05, 0) is 88.2 Å². The molecule has 0 saturated heterocycles. The molecule has 2 aromatic carbocycles. The van der Waals surface area contributed by atoms with Crippen molar-refractivity contribution in [2.45, 2.75) is 32.3 Å². The number of nitrogens with two attached hydrogens (primary N) is 1. The van der Waals surface area contributed by atoms with Gasteiger partial charge in [0.15, 0.2) is 11.5 Å². The first-order valence-corrected chi connectivity index (χ1v) is 13.3. The minimum atomic E-state index is -0.823. The predicted molar refractivity (Wildman–Crippen MR) is 153 cm³/mol. The summed E-state index contributed by atoms with van der Waals surface area (Å²) < 4.78 is 35.2. The van der Waals surface area contributed by atoms with Crippen LogP contribution in [0.25, 0.3) is 0 Å². The van der Waals surface area contributed by atoms with Gasteiger partial charge in [0, 0.05) is 6.54 Å². The van der Waals surface area contributed by atoms with Crippen LogP contribution in [0.3, 0.4) is 0 Å². The Morgan fingerprint density at radius 2 is 1.50 bits per heavy atom. The number of esters is 1. The number of carbonyl (C=O) groups is 2. The van der Waals surface area contributed by atoms with Gasteiger partial charge in [-0.2, -0.15) is 0 Å². The minimum absolute atomic E-state index is 0.0614. The van der Waals surface area contributed by atoms with E-state index in [4.69, 9.17) is 24.7 Å². The van der Waals surface area contributed by atoms with Crippen LogP contribution in [0.5, 0.6) is 11.5 Å². The van der Waals surface area contributed by atoms with Crippen LogP contribution in [0.4, 0.5) is 20.6 Å². The summed E-state index contributed by atoms with van der Waals surface area (Å²) in [5, 5.41) is 12.2. The molecule has 0 heterocycles. The highest BCUT2D eigenvalue weighted by Crippen LogP contribution is 2.28. The van der Waals surface area contributed by atoms with E-state index in [9.17, 15) is 14.0 Å². The number of benzene rings is 2. The van der Waals surface area contributed by atoms with Gasteiger partial charge < -0.3 is 40.6 Å². The number of rotatable bonds is 19. The number of hydrogen-bond acceptors (Lipinski definition) is 10. The van der Waals surface area contributed by atoms with Gasteiger partial charge in [0.05, 0.1) is 38.3 Å². The van der Waals surface area contributed by atoms with Gasteiger partial charge in [-0.1, -0.05) is 6.07 Å². The number of halogens is 1. The summed E-state index contributed by atoms with van der Waals surface area (Å²) in [7, 11) is 4.21. The second-order valence-corrected chi connectivity index (χ2v) is 8.89. The zero-order valence-electron chi connectivity index (χ0n) is 23.6. The molecule has 0 radical (unpaired) electrons. The molecule has 0 unspecified atom stereocenters. The molecule has 2 rings (SSSR count). The van der Waals surface area contributed by atoms with E-state index < -0.39 is 17.9 Å². The molecule has 0 atom stereocenters. The van der Waals surface area contributed by atoms with E-state index in [-0.39, 0.29) is 23.5 Å². The largest absolute Gasteiger partial charge is 0.493 e. The average molecular weight is 564 g/mol. The summed E-state index contributed by atoms with van der Waals surface area (Å²) in [6.45, 7) is 4.72. The monoisotopic (exact) mass is 563 g/mol. The number of methoxy groups -OCH3 is 3.